The van der Waals surface area contributed by atoms with Gasteiger partial charge >= 0.3 is 5.97 Å². The number of aromatic nitrogens is 2. The largest absolute Gasteiger partial charge is 0.618 e. The molecule has 2 rings (SSSR count). The fraction of sp³-hybridized carbons (Fsp3) is 0.182. The van der Waals surface area contributed by atoms with Crippen molar-refractivity contribution in [2.24, 2.45) is 0 Å². The lowest BCUT2D eigenvalue weighted by atomic mass is 10.3. The maximum atomic E-state index is 11.6. The third-order valence-electron chi connectivity index (χ3n) is 2.08. The molecule has 82 valence electrons. The van der Waals surface area contributed by atoms with E-state index >= 15 is 0 Å². The van der Waals surface area contributed by atoms with Crippen LogP contribution in [0.3, 0.4) is 0 Å². The molecule has 0 aliphatic rings. The van der Waals surface area contributed by atoms with Crippen LogP contribution in [-0.4, -0.2) is 17.6 Å². The predicted molar refractivity (Wildman–Crippen MR) is 56.7 cm³/mol. The number of rotatable bonds is 2. The molecule has 1 aromatic carbocycles. The highest BCUT2D eigenvalue weighted by Crippen LogP contribution is 2.07. The van der Waals surface area contributed by atoms with Crippen molar-refractivity contribution in [1.29, 1.82) is 0 Å². The Balaban J connectivity index is 2.53. The highest BCUT2D eigenvalue weighted by atomic mass is 16.5. The minimum Gasteiger partial charge on any atom is -0.618 e. The van der Waals surface area contributed by atoms with E-state index in [0.29, 0.717) is 15.8 Å². The molecular weight excluding hydrogens is 208 g/mol. The van der Waals surface area contributed by atoms with Crippen molar-refractivity contribution in [3.8, 4) is 0 Å². The third-order valence-corrected chi connectivity index (χ3v) is 2.08. The van der Waals surface area contributed by atoms with E-state index in [4.69, 9.17) is 4.74 Å². The van der Waals surface area contributed by atoms with Crippen LogP contribution in [0.25, 0.3) is 11.0 Å². The van der Waals surface area contributed by atoms with E-state index in [1.807, 2.05) is 0 Å². The number of ether oxygens (including phenoxy) is 1. The molecule has 0 aliphatic heterocycles. The quantitative estimate of drug-likeness (QED) is 0.429. The minimum atomic E-state index is -0.585. The number of benzene rings is 1. The van der Waals surface area contributed by atoms with Crippen LogP contribution in [-0.2, 0) is 4.74 Å². The summed E-state index contributed by atoms with van der Waals surface area (Å²) in [4.78, 5) is 15.5. The summed E-state index contributed by atoms with van der Waals surface area (Å²) in [7, 11) is 0. The molecule has 0 atom stereocenters. The van der Waals surface area contributed by atoms with Crippen molar-refractivity contribution in [2.45, 2.75) is 6.92 Å². The predicted octanol–water partition coefficient (Wildman–Crippen LogP) is 1.04. The molecule has 1 heterocycles. The second-order valence-electron chi connectivity index (χ2n) is 3.16. The number of para-hydroxylation sites is 2. The maximum Gasteiger partial charge on any atom is 0.363 e. The fourth-order valence-electron chi connectivity index (χ4n) is 1.39. The summed E-state index contributed by atoms with van der Waals surface area (Å²) in [6.07, 6.45) is 1.13. The first-order valence-electron chi connectivity index (χ1n) is 4.88. The van der Waals surface area contributed by atoms with Crippen molar-refractivity contribution < 1.29 is 14.3 Å². The summed E-state index contributed by atoms with van der Waals surface area (Å²) >= 11 is 0. The van der Waals surface area contributed by atoms with Crippen LogP contribution in [0.15, 0.2) is 30.5 Å². The summed E-state index contributed by atoms with van der Waals surface area (Å²) in [5.41, 5.74) is 0.925. The highest BCUT2D eigenvalue weighted by molar-refractivity contribution is 5.88. The molecule has 16 heavy (non-hydrogen) atoms. The Bertz CT molecular complexity index is 540. The Morgan fingerprint density at radius 2 is 2.25 bits per heavy atom. The number of hydrogen-bond donors (Lipinski definition) is 0. The van der Waals surface area contributed by atoms with Gasteiger partial charge in [0.15, 0.2) is 0 Å². The van der Waals surface area contributed by atoms with E-state index in [9.17, 15) is 10.0 Å². The van der Waals surface area contributed by atoms with E-state index < -0.39 is 5.97 Å². The molecule has 0 radical (unpaired) electrons. The normalized spacial score (nSPS) is 10.3. The Morgan fingerprint density at radius 3 is 3.00 bits per heavy atom. The highest BCUT2D eigenvalue weighted by Gasteiger charge is 2.15. The molecule has 2 aromatic rings. The molecule has 0 saturated carbocycles. The number of carbonyl (C=O) groups excluding carboxylic acids is 1. The van der Waals surface area contributed by atoms with Crippen LogP contribution in [0.1, 0.15) is 17.4 Å². The molecule has 0 saturated heterocycles. The second kappa shape index (κ2) is 4.14. The molecule has 0 N–H and O–H groups in total. The van der Waals surface area contributed by atoms with E-state index in [1.54, 1.807) is 31.2 Å². The zero-order valence-corrected chi connectivity index (χ0v) is 8.71. The lowest BCUT2D eigenvalue weighted by Crippen LogP contribution is -2.29. The third kappa shape index (κ3) is 1.79. The molecule has 5 heteroatoms. The van der Waals surface area contributed by atoms with Gasteiger partial charge in [-0.2, -0.15) is 4.73 Å². The van der Waals surface area contributed by atoms with Crippen LogP contribution in [0.2, 0.25) is 0 Å². The Labute approximate surface area is 91.9 Å². The maximum absolute atomic E-state index is 11.6. The van der Waals surface area contributed by atoms with Gasteiger partial charge in [0.1, 0.15) is 5.52 Å². The monoisotopic (exact) mass is 218 g/mol. The zero-order valence-electron chi connectivity index (χ0n) is 8.71. The van der Waals surface area contributed by atoms with Crippen molar-refractivity contribution in [3.05, 3.63) is 41.4 Å². The average Bonchev–Trinajstić information content (AvgIpc) is 2.29. The first-order chi connectivity index (χ1) is 7.72. The van der Waals surface area contributed by atoms with Gasteiger partial charge in [-0.25, -0.2) is 9.78 Å². The topological polar surface area (TPSA) is 66.1 Å². The fourth-order valence-corrected chi connectivity index (χ4v) is 1.39. The van der Waals surface area contributed by atoms with Gasteiger partial charge in [0, 0.05) is 6.07 Å². The summed E-state index contributed by atoms with van der Waals surface area (Å²) in [5, 5.41) is 11.6. The smallest absolute Gasteiger partial charge is 0.363 e. The zero-order chi connectivity index (χ0) is 11.5. The van der Waals surface area contributed by atoms with Gasteiger partial charge in [-0.15, -0.1) is 0 Å². The first kappa shape index (κ1) is 10.4. The van der Waals surface area contributed by atoms with E-state index in [0.717, 1.165) is 6.20 Å². The molecule has 5 nitrogen and oxygen atoms in total. The summed E-state index contributed by atoms with van der Waals surface area (Å²) < 4.78 is 5.40. The van der Waals surface area contributed by atoms with Crippen molar-refractivity contribution >= 4 is 17.0 Å². The van der Waals surface area contributed by atoms with E-state index in [2.05, 4.69) is 4.98 Å². The SMILES string of the molecule is CCOC(=O)c1c[n+]([O-])c2ccccc2n1. The van der Waals surface area contributed by atoms with Gasteiger partial charge in [-0.3, -0.25) is 0 Å². The molecular formula is C11H10N2O3. The lowest BCUT2D eigenvalue weighted by molar-refractivity contribution is -0.577. The number of carbonyl (C=O) groups is 1. The molecule has 1 aromatic heterocycles. The Morgan fingerprint density at radius 1 is 1.50 bits per heavy atom. The van der Waals surface area contributed by atoms with Crippen molar-refractivity contribution in [3.63, 3.8) is 0 Å². The van der Waals surface area contributed by atoms with Crippen LogP contribution < -0.4 is 4.73 Å². The molecule has 0 amide bonds. The number of esters is 1. The minimum absolute atomic E-state index is 0.0237. The van der Waals surface area contributed by atoms with Crippen molar-refractivity contribution in [1.82, 2.24) is 4.98 Å². The first-order valence-corrected chi connectivity index (χ1v) is 4.88. The summed E-state index contributed by atoms with van der Waals surface area (Å²) in [6, 6.07) is 6.81. The number of hydrogen-bond acceptors (Lipinski definition) is 4. The van der Waals surface area contributed by atoms with Crippen LogP contribution >= 0.6 is 0 Å². The summed E-state index contributed by atoms with van der Waals surface area (Å²) in [5.74, 6) is -0.585. The van der Waals surface area contributed by atoms with Gasteiger partial charge < -0.3 is 9.94 Å². The molecule has 0 bridgehead atoms. The summed E-state index contributed by atoms with van der Waals surface area (Å²) in [6.45, 7) is 1.95. The standard InChI is InChI=1S/C11H10N2O3/c1-2-16-11(14)9-7-13(15)10-6-4-3-5-8(10)12-9/h3-7H,2H2,1H3. The number of fused-ring (bicyclic) bond motifs is 1. The van der Waals surface area contributed by atoms with Gasteiger partial charge in [-0.05, 0) is 13.0 Å². The molecule has 0 aliphatic carbocycles. The van der Waals surface area contributed by atoms with Crippen LogP contribution in [0.4, 0.5) is 0 Å². The molecule has 0 spiro atoms. The van der Waals surface area contributed by atoms with Gasteiger partial charge in [0.25, 0.3) is 0 Å². The van der Waals surface area contributed by atoms with Crippen molar-refractivity contribution in [2.75, 3.05) is 6.61 Å². The lowest BCUT2D eigenvalue weighted by Gasteiger charge is -2.03. The average molecular weight is 218 g/mol. The second-order valence-corrected chi connectivity index (χ2v) is 3.16. The molecule has 0 unspecified atom stereocenters. The van der Waals surface area contributed by atoms with Crippen LogP contribution in [0, 0.1) is 5.21 Å². The van der Waals surface area contributed by atoms with E-state index in [-0.39, 0.29) is 12.3 Å². The van der Waals surface area contributed by atoms with Crippen LogP contribution in [0.5, 0.6) is 0 Å². The Kier molecular flexibility index (Phi) is 2.68. The Hall–Kier alpha value is -2.17. The number of nitrogens with zero attached hydrogens (tertiary/aromatic N) is 2. The van der Waals surface area contributed by atoms with Gasteiger partial charge in [0.05, 0.1) is 6.61 Å². The van der Waals surface area contributed by atoms with E-state index in [1.165, 1.54) is 0 Å². The molecule has 0 fully saturated rings. The van der Waals surface area contributed by atoms with Gasteiger partial charge in [0.2, 0.25) is 17.4 Å². The van der Waals surface area contributed by atoms with Gasteiger partial charge in [-0.1, -0.05) is 12.1 Å².